The fraction of sp³-hybridized carbons (Fsp3) is 0.300. The minimum atomic E-state index is -3.92. The van der Waals surface area contributed by atoms with Gasteiger partial charge in [-0.3, -0.25) is 4.79 Å². The third-order valence-corrected chi connectivity index (χ3v) is 3.99. The van der Waals surface area contributed by atoms with Crippen molar-refractivity contribution in [3.05, 3.63) is 23.2 Å². The average molecular weight is 294 g/mol. The van der Waals surface area contributed by atoms with E-state index >= 15 is 0 Å². The van der Waals surface area contributed by atoms with Crippen LogP contribution in [0.2, 0.25) is 5.02 Å². The summed E-state index contributed by atoms with van der Waals surface area (Å²) in [5.41, 5.74) is 0. The minimum Gasteiger partial charge on any atom is -0.495 e. The van der Waals surface area contributed by atoms with Gasteiger partial charge < -0.3 is 9.84 Å². The molecule has 0 aliphatic heterocycles. The number of hydrogen-bond donors (Lipinski definition) is 2. The van der Waals surface area contributed by atoms with Gasteiger partial charge in [0.1, 0.15) is 11.8 Å². The molecule has 1 rings (SSSR count). The highest BCUT2D eigenvalue weighted by atomic mass is 35.5. The molecule has 0 heterocycles. The van der Waals surface area contributed by atoms with Crippen LogP contribution in [0.5, 0.6) is 5.75 Å². The molecule has 18 heavy (non-hydrogen) atoms. The van der Waals surface area contributed by atoms with Crippen LogP contribution in [0.4, 0.5) is 0 Å². The number of halogens is 1. The molecule has 0 unspecified atom stereocenters. The van der Waals surface area contributed by atoms with E-state index < -0.39 is 22.0 Å². The number of carboxylic acid groups (broad SMARTS) is 1. The first kappa shape index (κ1) is 14.7. The van der Waals surface area contributed by atoms with E-state index in [1.807, 2.05) is 4.72 Å². The Bertz CT molecular complexity index is 557. The van der Waals surface area contributed by atoms with Gasteiger partial charge in [-0.05, 0) is 19.1 Å². The monoisotopic (exact) mass is 293 g/mol. The van der Waals surface area contributed by atoms with E-state index in [9.17, 15) is 13.2 Å². The molecule has 0 aliphatic rings. The molecule has 8 heteroatoms. The van der Waals surface area contributed by atoms with Crippen LogP contribution in [-0.2, 0) is 14.8 Å². The van der Waals surface area contributed by atoms with Gasteiger partial charge in [0.25, 0.3) is 0 Å². The summed E-state index contributed by atoms with van der Waals surface area (Å²) in [5.74, 6) is -1.07. The van der Waals surface area contributed by atoms with Crippen LogP contribution in [0, 0.1) is 0 Å². The van der Waals surface area contributed by atoms with E-state index in [4.69, 9.17) is 21.4 Å². The summed E-state index contributed by atoms with van der Waals surface area (Å²) in [6, 6.07) is 2.62. The number of ether oxygens (including phenoxy) is 1. The van der Waals surface area contributed by atoms with Gasteiger partial charge in [-0.15, -0.1) is 0 Å². The van der Waals surface area contributed by atoms with Crippen LogP contribution in [0.3, 0.4) is 0 Å². The van der Waals surface area contributed by atoms with Crippen molar-refractivity contribution in [3.8, 4) is 5.75 Å². The minimum absolute atomic E-state index is 0.114. The number of aliphatic carboxylic acids is 1. The first-order chi connectivity index (χ1) is 8.27. The Morgan fingerprint density at radius 2 is 2.11 bits per heavy atom. The number of carboxylic acids is 1. The second-order valence-corrected chi connectivity index (χ2v) is 5.60. The molecule has 0 bridgehead atoms. The number of rotatable bonds is 5. The molecule has 100 valence electrons. The van der Waals surface area contributed by atoms with Crippen molar-refractivity contribution in [2.24, 2.45) is 0 Å². The molecule has 0 aliphatic carbocycles. The Balaban J connectivity index is 3.09. The topological polar surface area (TPSA) is 92.7 Å². The number of methoxy groups -OCH3 is 1. The highest BCUT2D eigenvalue weighted by Gasteiger charge is 2.22. The Morgan fingerprint density at radius 3 is 2.61 bits per heavy atom. The summed E-state index contributed by atoms with van der Waals surface area (Å²) >= 11 is 5.77. The summed E-state index contributed by atoms with van der Waals surface area (Å²) in [7, 11) is -2.57. The Morgan fingerprint density at radius 1 is 1.50 bits per heavy atom. The van der Waals surface area contributed by atoms with Crippen molar-refractivity contribution in [3.63, 3.8) is 0 Å². The molecule has 0 saturated carbocycles. The Hall–Kier alpha value is -1.31. The van der Waals surface area contributed by atoms with Crippen LogP contribution in [0.1, 0.15) is 6.92 Å². The molecule has 0 saturated heterocycles. The molecule has 1 atom stereocenters. The largest absolute Gasteiger partial charge is 0.495 e. The van der Waals surface area contributed by atoms with E-state index in [0.29, 0.717) is 0 Å². The Kier molecular flexibility index (Phi) is 4.55. The highest BCUT2D eigenvalue weighted by Crippen LogP contribution is 2.26. The van der Waals surface area contributed by atoms with E-state index in [1.165, 1.54) is 32.2 Å². The molecular formula is C10H12ClNO5S. The highest BCUT2D eigenvalue weighted by molar-refractivity contribution is 7.89. The predicted molar refractivity (Wildman–Crippen MR) is 65.4 cm³/mol. The summed E-state index contributed by atoms with van der Waals surface area (Å²) < 4.78 is 30.6. The zero-order valence-corrected chi connectivity index (χ0v) is 11.2. The maximum atomic E-state index is 11.9. The molecular weight excluding hydrogens is 282 g/mol. The summed E-state index contributed by atoms with van der Waals surface area (Å²) in [5, 5.41) is 8.93. The fourth-order valence-corrected chi connectivity index (χ4v) is 2.56. The van der Waals surface area contributed by atoms with Crippen molar-refractivity contribution < 1.29 is 23.1 Å². The fourth-order valence-electron chi connectivity index (χ4n) is 1.16. The van der Waals surface area contributed by atoms with E-state index in [0.717, 1.165) is 0 Å². The summed E-state index contributed by atoms with van der Waals surface area (Å²) in [6.07, 6.45) is 0. The Labute approximate surface area is 110 Å². The van der Waals surface area contributed by atoms with Gasteiger partial charge in [0, 0.05) is 6.07 Å². The van der Waals surface area contributed by atoms with Gasteiger partial charge in [-0.1, -0.05) is 11.6 Å². The lowest BCUT2D eigenvalue weighted by molar-refractivity contribution is -0.138. The maximum absolute atomic E-state index is 11.9. The van der Waals surface area contributed by atoms with Crippen LogP contribution >= 0.6 is 11.6 Å². The quantitative estimate of drug-likeness (QED) is 0.848. The van der Waals surface area contributed by atoms with E-state index in [1.54, 1.807) is 0 Å². The average Bonchev–Trinajstić information content (AvgIpc) is 2.28. The third kappa shape index (κ3) is 3.34. The normalized spacial score (nSPS) is 13.1. The molecule has 6 nitrogen and oxygen atoms in total. The molecule has 1 aromatic carbocycles. The second-order valence-electron chi connectivity index (χ2n) is 3.48. The van der Waals surface area contributed by atoms with Gasteiger partial charge in [0.05, 0.1) is 17.0 Å². The van der Waals surface area contributed by atoms with Crippen molar-refractivity contribution in [1.82, 2.24) is 4.72 Å². The first-order valence-electron chi connectivity index (χ1n) is 4.86. The van der Waals surface area contributed by atoms with Crippen LogP contribution in [-0.4, -0.2) is 32.6 Å². The molecule has 0 radical (unpaired) electrons. The van der Waals surface area contributed by atoms with Crippen LogP contribution in [0.25, 0.3) is 0 Å². The number of hydrogen-bond acceptors (Lipinski definition) is 4. The van der Waals surface area contributed by atoms with Crippen molar-refractivity contribution in [1.29, 1.82) is 0 Å². The lowest BCUT2D eigenvalue weighted by atomic mass is 10.3. The third-order valence-electron chi connectivity index (χ3n) is 2.14. The van der Waals surface area contributed by atoms with Crippen molar-refractivity contribution in [2.45, 2.75) is 17.9 Å². The number of carbonyl (C=O) groups is 1. The SMILES string of the molecule is COc1cc(S(=O)(=O)N[C@@H](C)C(=O)O)ccc1Cl. The van der Waals surface area contributed by atoms with Crippen molar-refractivity contribution in [2.75, 3.05) is 7.11 Å². The van der Waals surface area contributed by atoms with Gasteiger partial charge in [0.2, 0.25) is 10.0 Å². The summed E-state index contributed by atoms with van der Waals surface area (Å²) in [6.45, 7) is 1.23. The van der Waals surface area contributed by atoms with Crippen LogP contribution in [0.15, 0.2) is 23.1 Å². The molecule has 0 aromatic heterocycles. The zero-order chi connectivity index (χ0) is 13.9. The first-order valence-corrected chi connectivity index (χ1v) is 6.72. The lowest BCUT2D eigenvalue weighted by Gasteiger charge is -2.11. The molecule has 2 N–H and O–H groups in total. The van der Waals surface area contributed by atoms with Crippen molar-refractivity contribution >= 4 is 27.6 Å². The molecule has 0 amide bonds. The van der Waals surface area contributed by atoms with E-state index in [2.05, 4.69) is 0 Å². The zero-order valence-electron chi connectivity index (χ0n) is 9.68. The maximum Gasteiger partial charge on any atom is 0.321 e. The lowest BCUT2D eigenvalue weighted by Crippen LogP contribution is -2.38. The van der Waals surface area contributed by atoms with Gasteiger partial charge in [-0.2, -0.15) is 4.72 Å². The molecule has 0 fully saturated rings. The number of benzene rings is 1. The summed E-state index contributed by atoms with van der Waals surface area (Å²) in [4.78, 5) is 10.5. The van der Waals surface area contributed by atoms with Gasteiger partial charge in [0.15, 0.2) is 0 Å². The molecule has 1 aromatic rings. The smallest absolute Gasteiger partial charge is 0.321 e. The molecule has 0 spiro atoms. The predicted octanol–water partition coefficient (Wildman–Crippen LogP) is 1.10. The van der Waals surface area contributed by atoms with E-state index in [-0.39, 0.29) is 15.7 Å². The van der Waals surface area contributed by atoms with Crippen LogP contribution < -0.4 is 9.46 Å². The second kappa shape index (κ2) is 5.55. The number of nitrogens with one attached hydrogen (secondary N) is 1. The standard InChI is InChI=1S/C10H12ClNO5S/c1-6(10(13)14)12-18(15,16)7-3-4-8(11)9(5-7)17-2/h3-6,12H,1-2H3,(H,13,14)/t6-/m0/s1. The number of sulfonamides is 1. The van der Waals surface area contributed by atoms with Gasteiger partial charge >= 0.3 is 5.97 Å². The van der Waals surface area contributed by atoms with Gasteiger partial charge in [-0.25, -0.2) is 8.42 Å².